The summed E-state index contributed by atoms with van der Waals surface area (Å²) in [5, 5.41) is -0.638. The molecule has 1 aromatic carbocycles. The lowest BCUT2D eigenvalue weighted by atomic mass is 9.97. The molecule has 0 spiro atoms. The summed E-state index contributed by atoms with van der Waals surface area (Å²) in [4.78, 5) is 11.7. The van der Waals surface area contributed by atoms with Crippen molar-refractivity contribution >= 4 is 27.7 Å². The van der Waals surface area contributed by atoms with Crippen LogP contribution in [0.1, 0.15) is 13.8 Å². The number of carbonyl (C=O) groups is 1. The van der Waals surface area contributed by atoms with E-state index in [0.29, 0.717) is 0 Å². The first-order valence-electron chi connectivity index (χ1n) is 6.05. The Morgan fingerprint density at radius 2 is 1.90 bits per heavy atom. The van der Waals surface area contributed by atoms with E-state index in [1.54, 1.807) is 32.0 Å². The molecule has 0 aromatic heterocycles. The minimum absolute atomic E-state index is 0.0387. The summed E-state index contributed by atoms with van der Waals surface area (Å²) in [7, 11) is -3.90. The Labute approximate surface area is 123 Å². The first kappa shape index (κ1) is 15.3. The van der Waals surface area contributed by atoms with Crippen LogP contribution < -0.4 is 0 Å². The Kier molecular flexibility index (Phi) is 4.09. The minimum Gasteiger partial charge on any atom is -0.458 e. The normalized spacial score (nSPS) is 25.4. The van der Waals surface area contributed by atoms with Gasteiger partial charge in [-0.15, -0.1) is 11.6 Å². The van der Waals surface area contributed by atoms with Crippen molar-refractivity contribution in [3.8, 4) is 0 Å². The lowest BCUT2D eigenvalue weighted by molar-refractivity contribution is -0.148. The smallest absolute Gasteiger partial charge is 0.313 e. The van der Waals surface area contributed by atoms with E-state index in [9.17, 15) is 13.2 Å². The monoisotopic (exact) mass is 318 g/mol. The van der Waals surface area contributed by atoms with Crippen LogP contribution in [-0.4, -0.2) is 32.0 Å². The number of alkyl halides is 1. The molecule has 1 heterocycles. The molecule has 0 amide bonds. The fourth-order valence-electron chi connectivity index (χ4n) is 1.97. The summed E-state index contributed by atoms with van der Waals surface area (Å²) in [5.74, 6) is -1.34. The number of cyclic esters (lactones) is 1. The number of esters is 1. The third-order valence-electron chi connectivity index (χ3n) is 3.12. The maximum absolute atomic E-state index is 11.9. The first-order chi connectivity index (χ1) is 9.24. The molecule has 0 bridgehead atoms. The molecule has 1 aliphatic rings. The van der Waals surface area contributed by atoms with Crippen LogP contribution in [0.4, 0.5) is 0 Å². The van der Waals surface area contributed by atoms with Gasteiger partial charge in [-0.25, -0.2) is 0 Å². The second-order valence-electron chi connectivity index (χ2n) is 5.08. The molecule has 1 saturated heterocycles. The highest BCUT2D eigenvalue weighted by atomic mass is 35.5. The SMILES string of the molecule is CC1(C)OC(=O)C(COS(=O)(=O)c2ccccc2)C1Cl. The van der Waals surface area contributed by atoms with Crippen molar-refractivity contribution in [2.75, 3.05) is 6.61 Å². The molecule has 1 fully saturated rings. The average molecular weight is 319 g/mol. The molecule has 20 heavy (non-hydrogen) atoms. The number of benzene rings is 1. The van der Waals surface area contributed by atoms with Crippen molar-refractivity contribution < 1.29 is 22.1 Å². The van der Waals surface area contributed by atoms with Crippen molar-refractivity contribution in [2.24, 2.45) is 5.92 Å². The zero-order valence-electron chi connectivity index (χ0n) is 11.1. The Bertz CT molecular complexity index is 596. The van der Waals surface area contributed by atoms with Gasteiger partial charge in [-0.05, 0) is 26.0 Å². The zero-order valence-corrected chi connectivity index (χ0v) is 12.6. The van der Waals surface area contributed by atoms with E-state index in [1.165, 1.54) is 12.1 Å². The summed E-state index contributed by atoms with van der Waals surface area (Å²) < 4.78 is 33.9. The van der Waals surface area contributed by atoms with Crippen molar-refractivity contribution in [3.05, 3.63) is 30.3 Å². The summed E-state index contributed by atoms with van der Waals surface area (Å²) in [5.41, 5.74) is -0.830. The summed E-state index contributed by atoms with van der Waals surface area (Å²) in [6.45, 7) is 3.02. The van der Waals surface area contributed by atoms with Gasteiger partial charge in [0.15, 0.2) is 0 Å². The number of halogens is 1. The van der Waals surface area contributed by atoms with E-state index in [2.05, 4.69) is 0 Å². The van der Waals surface area contributed by atoms with Crippen LogP contribution in [0.2, 0.25) is 0 Å². The van der Waals surface area contributed by atoms with Crippen LogP contribution in [0.15, 0.2) is 35.2 Å². The van der Waals surface area contributed by atoms with Gasteiger partial charge in [0, 0.05) is 0 Å². The van der Waals surface area contributed by atoms with E-state index >= 15 is 0 Å². The molecule has 2 rings (SSSR count). The van der Waals surface area contributed by atoms with E-state index in [4.69, 9.17) is 20.5 Å². The topological polar surface area (TPSA) is 69.7 Å². The maximum atomic E-state index is 11.9. The van der Waals surface area contributed by atoms with Gasteiger partial charge < -0.3 is 4.74 Å². The van der Waals surface area contributed by atoms with Gasteiger partial charge in [-0.2, -0.15) is 8.42 Å². The van der Waals surface area contributed by atoms with Gasteiger partial charge >= 0.3 is 5.97 Å². The molecule has 2 atom stereocenters. The van der Waals surface area contributed by atoms with Crippen molar-refractivity contribution in [1.82, 2.24) is 0 Å². The molecular weight excluding hydrogens is 304 g/mol. The Morgan fingerprint density at radius 1 is 1.30 bits per heavy atom. The van der Waals surface area contributed by atoms with Crippen LogP contribution in [0.3, 0.4) is 0 Å². The molecule has 1 aromatic rings. The molecule has 0 saturated carbocycles. The Morgan fingerprint density at radius 3 is 2.40 bits per heavy atom. The highest BCUT2D eigenvalue weighted by Crippen LogP contribution is 2.35. The Balaban J connectivity index is 2.08. The third kappa shape index (κ3) is 2.97. The van der Waals surface area contributed by atoms with Crippen LogP contribution >= 0.6 is 11.6 Å². The van der Waals surface area contributed by atoms with E-state index in [-0.39, 0.29) is 11.5 Å². The number of carbonyl (C=O) groups excluding carboxylic acids is 1. The second-order valence-corrected chi connectivity index (χ2v) is 7.17. The lowest BCUT2D eigenvalue weighted by Gasteiger charge is -2.20. The van der Waals surface area contributed by atoms with Gasteiger partial charge in [0.05, 0.1) is 16.9 Å². The number of hydrogen-bond acceptors (Lipinski definition) is 5. The fraction of sp³-hybridized carbons (Fsp3) is 0.462. The molecule has 7 heteroatoms. The molecule has 0 N–H and O–H groups in total. The largest absolute Gasteiger partial charge is 0.458 e. The summed E-state index contributed by atoms with van der Waals surface area (Å²) in [6.07, 6.45) is 0. The van der Waals surface area contributed by atoms with Crippen molar-refractivity contribution in [2.45, 2.75) is 29.7 Å². The molecular formula is C13H15ClO5S. The van der Waals surface area contributed by atoms with E-state index in [1.807, 2.05) is 0 Å². The number of ether oxygens (including phenoxy) is 1. The quantitative estimate of drug-likeness (QED) is 0.482. The van der Waals surface area contributed by atoms with Gasteiger partial charge in [0.2, 0.25) is 0 Å². The molecule has 110 valence electrons. The van der Waals surface area contributed by atoms with Crippen LogP contribution in [0, 0.1) is 5.92 Å². The highest BCUT2D eigenvalue weighted by Gasteiger charge is 2.49. The molecule has 5 nitrogen and oxygen atoms in total. The van der Waals surface area contributed by atoms with Crippen LogP contribution in [0.5, 0.6) is 0 Å². The minimum atomic E-state index is -3.90. The number of hydrogen-bond donors (Lipinski definition) is 0. The van der Waals surface area contributed by atoms with E-state index < -0.39 is 33.0 Å². The number of rotatable bonds is 4. The predicted octanol–water partition coefficient (Wildman–Crippen LogP) is 1.95. The standard InChI is InChI=1S/C13H15ClO5S/c1-13(2)11(14)10(12(15)19-13)8-18-20(16,17)9-6-4-3-5-7-9/h3-7,10-11H,8H2,1-2H3. The zero-order chi connectivity index (χ0) is 15.0. The van der Waals surface area contributed by atoms with Gasteiger partial charge in [0.1, 0.15) is 11.5 Å². The van der Waals surface area contributed by atoms with Crippen molar-refractivity contribution in [3.63, 3.8) is 0 Å². The predicted molar refractivity (Wildman–Crippen MR) is 72.9 cm³/mol. The summed E-state index contributed by atoms with van der Waals surface area (Å²) >= 11 is 6.12. The van der Waals surface area contributed by atoms with Crippen LogP contribution in [0.25, 0.3) is 0 Å². The maximum Gasteiger partial charge on any atom is 0.313 e. The second kappa shape index (κ2) is 5.35. The third-order valence-corrected chi connectivity index (χ3v) is 5.24. The molecule has 0 radical (unpaired) electrons. The molecule has 2 unspecified atom stereocenters. The van der Waals surface area contributed by atoms with E-state index in [0.717, 1.165) is 0 Å². The molecule has 0 aliphatic carbocycles. The molecule has 1 aliphatic heterocycles. The lowest BCUT2D eigenvalue weighted by Crippen LogP contribution is -2.32. The highest BCUT2D eigenvalue weighted by molar-refractivity contribution is 7.86. The average Bonchev–Trinajstić information content (AvgIpc) is 2.58. The van der Waals surface area contributed by atoms with Gasteiger partial charge in [0.25, 0.3) is 10.1 Å². The first-order valence-corrected chi connectivity index (χ1v) is 7.90. The summed E-state index contributed by atoms with van der Waals surface area (Å²) in [6, 6.07) is 7.72. The van der Waals surface area contributed by atoms with Crippen molar-refractivity contribution in [1.29, 1.82) is 0 Å². The van der Waals surface area contributed by atoms with Gasteiger partial charge in [-0.1, -0.05) is 18.2 Å². The fourth-order valence-corrected chi connectivity index (χ4v) is 3.14. The van der Waals surface area contributed by atoms with Crippen LogP contribution in [-0.2, 0) is 23.8 Å². The Hall–Kier alpha value is -1.11. The van der Waals surface area contributed by atoms with Gasteiger partial charge in [-0.3, -0.25) is 8.98 Å².